The summed E-state index contributed by atoms with van der Waals surface area (Å²) < 4.78 is 5.61. The summed E-state index contributed by atoms with van der Waals surface area (Å²) >= 11 is 0. The molecular weight excluding hydrogens is 356 g/mol. The fourth-order valence-corrected chi connectivity index (χ4v) is 3.21. The van der Waals surface area contributed by atoms with Gasteiger partial charge in [-0.15, -0.1) is 0 Å². The fraction of sp³-hybridized carbons (Fsp3) is 0.136. The Morgan fingerprint density at radius 3 is 2.07 bits per heavy atom. The maximum Gasteiger partial charge on any atom is 0.280 e. The van der Waals surface area contributed by atoms with Crippen molar-refractivity contribution >= 4 is 28.5 Å². The Kier molecular flexibility index (Phi) is 4.31. The number of hydrogen-bond acceptors (Lipinski definition) is 4. The Labute approximate surface area is 161 Å². The van der Waals surface area contributed by atoms with E-state index in [1.807, 2.05) is 31.2 Å². The van der Waals surface area contributed by atoms with Crippen LogP contribution in [0.1, 0.15) is 33.2 Å². The number of hydrazine groups is 1. The van der Waals surface area contributed by atoms with Gasteiger partial charge in [0.1, 0.15) is 5.75 Å². The summed E-state index contributed by atoms with van der Waals surface area (Å²) in [6.07, 6.45) is -0.892. The van der Waals surface area contributed by atoms with Gasteiger partial charge in [-0.25, -0.2) is 0 Å². The van der Waals surface area contributed by atoms with Gasteiger partial charge in [0.25, 0.3) is 17.7 Å². The zero-order chi connectivity index (χ0) is 19.8. The van der Waals surface area contributed by atoms with E-state index < -0.39 is 23.8 Å². The Bertz CT molecular complexity index is 1050. The lowest BCUT2D eigenvalue weighted by Gasteiger charge is -2.28. The summed E-state index contributed by atoms with van der Waals surface area (Å²) in [5.41, 5.74) is 4.23. The molecule has 3 aromatic carbocycles. The molecule has 28 heavy (non-hydrogen) atoms. The molecule has 4 rings (SSSR count). The molecule has 0 fully saturated rings. The minimum atomic E-state index is -0.892. The number of nitrogens with one attached hydrogen (secondary N) is 1. The number of ether oxygens (including phenoxy) is 1. The molecule has 3 amide bonds. The lowest BCUT2D eigenvalue weighted by Crippen LogP contribution is -2.54. The molecule has 1 aliphatic heterocycles. The minimum absolute atomic E-state index is 0.375. The summed E-state index contributed by atoms with van der Waals surface area (Å²) in [6.45, 7) is 3.51. The first-order valence-corrected chi connectivity index (χ1v) is 8.90. The summed E-state index contributed by atoms with van der Waals surface area (Å²) in [5.74, 6) is -1.19. The van der Waals surface area contributed by atoms with Gasteiger partial charge >= 0.3 is 0 Å². The molecule has 0 unspecified atom stereocenters. The molecule has 6 nitrogen and oxygen atoms in total. The van der Waals surface area contributed by atoms with Crippen molar-refractivity contribution < 1.29 is 19.1 Å². The Morgan fingerprint density at radius 2 is 1.50 bits per heavy atom. The third kappa shape index (κ3) is 2.99. The average Bonchev–Trinajstić information content (AvgIpc) is 2.70. The fourth-order valence-electron chi connectivity index (χ4n) is 3.21. The van der Waals surface area contributed by atoms with Gasteiger partial charge in [0.05, 0.1) is 11.1 Å². The van der Waals surface area contributed by atoms with E-state index in [0.29, 0.717) is 22.3 Å². The van der Waals surface area contributed by atoms with E-state index in [1.54, 1.807) is 43.3 Å². The number of aryl methyl sites for hydroxylation is 1. The van der Waals surface area contributed by atoms with Gasteiger partial charge in [0.15, 0.2) is 6.10 Å². The van der Waals surface area contributed by atoms with Gasteiger partial charge < -0.3 is 4.74 Å². The minimum Gasteiger partial charge on any atom is -0.481 e. The van der Waals surface area contributed by atoms with Crippen molar-refractivity contribution in [2.45, 2.75) is 20.0 Å². The number of carbonyl (C=O) groups excluding carboxylic acids is 3. The molecule has 0 aliphatic carbocycles. The van der Waals surface area contributed by atoms with Crippen LogP contribution in [0.25, 0.3) is 10.8 Å². The standard InChI is InChI=1S/C22H18N2O4/c1-13-9-11-16(12-10-13)28-14(2)20(25)23-24-21(26)17-7-3-5-15-6-4-8-18(19(15)17)22(24)27/h3-12,14H,1-2H3,(H,23,25)/t14-/m0/s1. The Balaban J connectivity index is 1.56. The van der Waals surface area contributed by atoms with Crippen molar-refractivity contribution in [3.63, 3.8) is 0 Å². The second-order valence-electron chi connectivity index (χ2n) is 6.70. The zero-order valence-corrected chi connectivity index (χ0v) is 15.4. The SMILES string of the molecule is Cc1ccc(O[C@@H](C)C(=O)NN2C(=O)c3cccc4cccc(c34)C2=O)cc1. The maximum atomic E-state index is 12.8. The molecule has 1 heterocycles. The molecule has 0 saturated heterocycles. The van der Waals surface area contributed by atoms with Crippen molar-refractivity contribution in [3.8, 4) is 5.75 Å². The Morgan fingerprint density at radius 1 is 0.929 bits per heavy atom. The third-order valence-electron chi connectivity index (χ3n) is 4.70. The second kappa shape index (κ2) is 6.81. The molecular formula is C22H18N2O4. The molecule has 1 aliphatic rings. The van der Waals surface area contributed by atoms with Crippen LogP contribution in [0.15, 0.2) is 60.7 Å². The molecule has 1 atom stereocenters. The molecule has 0 aromatic heterocycles. The van der Waals surface area contributed by atoms with Gasteiger partial charge in [0.2, 0.25) is 0 Å². The van der Waals surface area contributed by atoms with Crippen molar-refractivity contribution in [2.75, 3.05) is 0 Å². The van der Waals surface area contributed by atoms with Gasteiger partial charge in [-0.05, 0) is 43.5 Å². The highest BCUT2D eigenvalue weighted by Crippen LogP contribution is 2.29. The monoisotopic (exact) mass is 374 g/mol. The first kappa shape index (κ1) is 17.7. The summed E-state index contributed by atoms with van der Waals surface area (Å²) in [6, 6.07) is 17.7. The van der Waals surface area contributed by atoms with E-state index in [2.05, 4.69) is 5.43 Å². The first-order valence-electron chi connectivity index (χ1n) is 8.90. The smallest absolute Gasteiger partial charge is 0.280 e. The first-order chi connectivity index (χ1) is 13.5. The van der Waals surface area contributed by atoms with Crippen molar-refractivity contribution in [3.05, 3.63) is 77.4 Å². The van der Waals surface area contributed by atoms with Gasteiger partial charge in [0, 0.05) is 5.39 Å². The van der Waals surface area contributed by atoms with E-state index >= 15 is 0 Å². The lowest BCUT2D eigenvalue weighted by atomic mass is 9.95. The molecule has 3 aromatic rings. The zero-order valence-electron chi connectivity index (χ0n) is 15.4. The van der Waals surface area contributed by atoms with Crippen LogP contribution in [0.4, 0.5) is 0 Å². The summed E-state index contributed by atoms with van der Waals surface area (Å²) in [7, 11) is 0. The molecule has 0 bridgehead atoms. The number of hydrogen-bond donors (Lipinski definition) is 1. The van der Waals surface area contributed by atoms with Crippen molar-refractivity contribution in [1.29, 1.82) is 0 Å². The van der Waals surface area contributed by atoms with E-state index in [-0.39, 0.29) is 0 Å². The van der Waals surface area contributed by atoms with Gasteiger partial charge in [-0.2, -0.15) is 5.01 Å². The van der Waals surface area contributed by atoms with Crippen molar-refractivity contribution in [1.82, 2.24) is 10.4 Å². The second-order valence-corrected chi connectivity index (χ2v) is 6.70. The molecule has 6 heteroatoms. The Hall–Kier alpha value is -3.67. The molecule has 140 valence electrons. The largest absolute Gasteiger partial charge is 0.481 e. The molecule has 1 N–H and O–H groups in total. The van der Waals surface area contributed by atoms with Gasteiger partial charge in [-0.1, -0.05) is 42.0 Å². The summed E-state index contributed by atoms with van der Waals surface area (Å²) in [5, 5.41) is 2.17. The molecule has 0 radical (unpaired) electrons. The number of nitrogens with zero attached hydrogens (tertiary/aromatic N) is 1. The van der Waals surface area contributed by atoms with Crippen LogP contribution < -0.4 is 10.2 Å². The molecule has 0 spiro atoms. The van der Waals surface area contributed by atoms with Gasteiger partial charge in [-0.3, -0.25) is 19.8 Å². The van der Waals surface area contributed by atoms with Crippen LogP contribution in [0.2, 0.25) is 0 Å². The highest BCUT2D eigenvalue weighted by atomic mass is 16.5. The van der Waals surface area contributed by atoms with Crippen LogP contribution in [0.5, 0.6) is 5.75 Å². The number of benzene rings is 3. The van der Waals surface area contributed by atoms with Crippen molar-refractivity contribution in [2.24, 2.45) is 0 Å². The topological polar surface area (TPSA) is 75.7 Å². The highest BCUT2D eigenvalue weighted by Gasteiger charge is 2.35. The van der Waals surface area contributed by atoms with Crippen LogP contribution in [0.3, 0.4) is 0 Å². The predicted octanol–water partition coefficient (Wildman–Crippen LogP) is 3.24. The number of rotatable bonds is 4. The van der Waals surface area contributed by atoms with E-state index in [9.17, 15) is 14.4 Å². The van der Waals surface area contributed by atoms with E-state index in [4.69, 9.17) is 4.74 Å². The summed E-state index contributed by atoms with van der Waals surface area (Å²) in [4.78, 5) is 38.2. The quantitative estimate of drug-likeness (QED) is 0.712. The number of carbonyl (C=O) groups is 3. The van der Waals surface area contributed by atoms with E-state index in [1.165, 1.54) is 0 Å². The number of amides is 3. The maximum absolute atomic E-state index is 12.8. The van der Waals surface area contributed by atoms with E-state index in [0.717, 1.165) is 16.0 Å². The normalized spacial score (nSPS) is 14.1. The third-order valence-corrected chi connectivity index (χ3v) is 4.70. The number of imide groups is 1. The van der Waals surface area contributed by atoms with Crippen LogP contribution in [-0.4, -0.2) is 28.8 Å². The van der Waals surface area contributed by atoms with Crippen LogP contribution in [0, 0.1) is 6.92 Å². The van der Waals surface area contributed by atoms with Crippen LogP contribution in [-0.2, 0) is 4.79 Å². The average molecular weight is 374 g/mol. The van der Waals surface area contributed by atoms with Crippen LogP contribution >= 0.6 is 0 Å². The lowest BCUT2D eigenvalue weighted by molar-refractivity contribution is -0.130. The molecule has 0 saturated carbocycles. The predicted molar refractivity (Wildman–Crippen MR) is 104 cm³/mol. The highest BCUT2D eigenvalue weighted by molar-refractivity contribution is 6.25.